The number of aliphatic hydroxyl groups is 1. The molecule has 3 saturated heterocycles. The number of hydrogen-bond donors (Lipinski definition) is 1. The second-order valence-corrected chi connectivity index (χ2v) is 13.1. The first kappa shape index (κ1) is 30.2. The molecule has 1 aromatic rings. The number of nitrogens with zero attached hydrogens (tertiary/aromatic N) is 3. The predicted molar refractivity (Wildman–Crippen MR) is 159 cm³/mol. The van der Waals surface area contributed by atoms with Gasteiger partial charge < -0.3 is 24.5 Å². The number of ether oxygens (including phenoxy) is 1. The summed E-state index contributed by atoms with van der Waals surface area (Å²) >= 11 is 1.68. The van der Waals surface area contributed by atoms with E-state index in [1.54, 1.807) is 40.8 Å². The van der Waals surface area contributed by atoms with E-state index in [0.29, 0.717) is 50.3 Å². The Morgan fingerprint density at radius 2 is 1.85 bits per heavy atom. The zero-order valence-electron chi connectivity index (χ0n) is 24.0. The van der Waals surface area contributed by atoms with Crippen LogP contribution in [0.1, 0.15) is 46.0 Å². The van der Waals surface area contributed by atoms with E-state index in [1.807, 2.05) is 36.1 Å². The number of amides is 3. The number of benzene rings is 1. The Morgan fingerprint density at radius 3 is 2.45 bits per heavy atom. The predicted octanol–water partition coefficient (Wildman–Crippen LogP) is 3.89. The lowest BCUT2D eigenvalue weighted by molar-refractivity contribution is -0.145. The second kappa shape index (κ2) is 12.4. The molecular weight excluding hydrogens is 526 g/mol. The molecule has 4 rings (SSSR count). The number of hydrogen-bond acceptors (Lipinski definition) is 6. The summed E-state index contributed by atoms with van der Waals surface area (Å²) in [5.74, 6) is -0.682. The Balaban J connectivity index is 1.77. The van der Waals surface area contributed by atoms with Crippen molar-refractivity contribution in [3.8, 4) is 5.75 Å². The molecule has 1 N–H and O–H groups in total. The van der Waals surface area contributed by atoms with Crippen LogP contribution in [0, 0.1) is 11.8 Å². The van der Waals surface area contributed by atoms with Gasteiger partial charge in [-0.1, -0.05) is 19.1 Å². The van der Waals surface area contributed by atoms with Crippen LogP contribution < -0.4 is 9.64 Å². The molecule has 40 heavy (non-hydrogen) atoms. The molecule has 0 aromatic heterocycles. The lowest BCUT2D eigenvalue weighted by atomic mass is 9.66. The number of carbonyl (C=O) groups is 3. The minimum absolute atomic E-state index is 0.0156. The smallest absolute Gasteiger partial charge is 0.251 e. The molecule has 0 radical (unpaired) electrons. The molecule has 1 aromatic carbocycles. The number of rotatable bonds is 14. The molecule has 3 amide bonds. The molecule has 218 valence electrons. The summed E-state index contributed by atoms with van der Waals surface area (Å²) in [7, 11) is 1.60. The molecule has 2 bridgehead atoms. The van der Waals surface area contributed by atoms with Gasteiger partial charge in [-0.25, -0.2) is 0 Å². The van der Waals surface area contributed by atoms with E-state index in [1.165, 1.54) is 0 Å². The first-order chi connectivity index (χ1) is 19.2. The van der Waals surface area contributed by atoms with Crippen LogP contribution in [0.3, 0.4) is 0 Å². The van der Waals surface area contributed by atoms with Crippen molar-refractivity contribution in [2.24, 2.45) is 11.8 Å². The van der Waals surface area contributed by atoms with Gasteiger partial charge in [-0.05, 0) is 63.3 Å². The Labute approximate surface area is 242 Å². The lowest BCUT2D eigenvalue weighted by Crippen LogP contribution is -2.55. The lowest BCUT2D eigenvalue weighted by Gasteiger charge is -2.38. The highest BCUT2D eigenvalue weighted by atomic mass is 32.2. The molecule has 3 fully saturated rings. The van der Waals surface area contributed by atoms with Crippen LogP contribution in [0.4, 0.5) is 5.69 Å². The topological polar surface area (TPSA) is 90.4 Å². The van der Waals surface area contributed by atoms with Gasteiger partial charge in [-0.15, -0.1) is 24.9 Å². The Bertz CT molecular complexity index is 1130. The van der Waals surface area contributed by atoms with Crippen LogP contribution in [0.2, 0.25) is 0 Å². The van der Waals surface area contributed by atoms with Gasteiger partial charge >= 0.3 is 0 Å². The molecule has 1 spiro atoms. The number of carbonyl (C=O) groups excluding carboxylic acids is 3. The fourth-order valence-electron chi connectivity index (χ4n) is 6.99. The number of fused-ring (bicyclic) bond motifs is 1. The van der Waals surface area contributed by atoms with Crippen LogP contribution in [0.5, 0.6) is 5.75 Å². The first-order valence-corrected chi connectivity index (χ1v) is 15.1. The number of methoxy groups -OCH3 is 1. The van der Waals surface area contributed by atoms with Gasteiger partial charge in [-0.2, -0.15) is 0 Å². The SMILES string of the molecule is C=CCN(CCC)C(=O)[C@H]1[C@H]2C(=O)N(CCCCO)C(C(=O)N(CC=C)c3ccc(OC)cc3)C23CC[C@]1(C)S3. The fraction of sp³-hybridized carbons (Fsp3) is 0.581. The van der Waals surface area contributed by atoms with Crippen LogP contribution >= 0.6 is 11.8 Å². The summed E-state index contributed by atoms with van der Waals surface area (Å²) in [4.78, 5) is 48.3. The van der Waals surface area contributed by atoms with Gasteiger partial charge in [0.2, 0.25) is 11.8 Å². The molecule has 8 nitrogen and oxygen atoms in total. The minimum atomic E-state index is -0.714. The molecule has 3 aliphatic rings. The molecule has 3 heterocycles. The summed E-state index contributed by atoms with van der Waals surface area (Å²) in [6.45, 7) is 13.6. The Kier molecular flexibility index (Phi) is 9.35. The third kappa shape index (κ3) is 5.07. The van der Waals surface area contributed by atoms with Gasteiger partial charge in [0, 0.05) is 43.2 Å². The molecule has 5 atom stereocenters. The average molecular weight is 570 g/mol. The highest BCUT2D eigenvalue weighted by Gasteiger charge is 2.77. The van der Waals surface area contributed by atoms with E-state index in [4.69, 9.17) is 4.74 Å². The van der Waals surface area contributed by atoms with Crippen LogP contribution in [-0.2, 0) is 14.4 Å². The third-order valence-electron chi connectivity index (χ3n) is 8.70. The van der Waals surface area contributed by atoms with Gasteiger partial charge in [0.05, 0.1) is 23.7 Å². The maximum Gasteiger partial charge on any atom is 0.251 e. The Hall–Kier alpha value is -2.78. The van der Waals surface area contributed by atoms with Crippen molar-refractivity contribution in [1.29, 1.82) is 0 Å². The van der Waals surface area contributed by atoms with Crippen LogP contribution in [-0.4, -0.2) is 88.1 Å². The quantitative estimate of drug-likeness (QED) is 0.270. The van der Waals surface area contributed by atoms with Crippen molar-refractivity contribution < 1.29 is 24.2 Å². The maximum absolute atomic E-state index is 14.6. The largest absolute Gasteiger partial charge is 0.497 e. The van der Waals surface area contributed by atoms with Crippen molar-refractivity contribution in [2.75, 3.05) is 44.8 Å². The summed E-state index contributed by atoms with van der Waals surface area (Å²) in [6.07, 6.45) is 6.82. The highest BCUT2D eigenvalue weighted by molar-refractivity contribution is 8.02. The number of likely N-dealkylation sites (tertiary alicyclic amines) is 1. The van der Waals surface area contributed by atoms with E-state index in [2.05, 4.69) is 20.1 Å². The summed E-state index contributed by atoms with van der Waals surface area (Å²) in [5, 5.41) is 9.44. The minimum Gasteiger partial charge on any atom is -0.497 e. The standard InChI is InChI=1S/C31H43N3O5S/c1-6-17-32(18-7-2)27(36)24-25-28(37)34(20-9-10-21-35)26(31(25)16-15-30(24,4)40-31)29(38)33(19-8-3)22-11-13-23(39-5)14-12-22/h6,8,11-14,24-26,35H,1,3,7,9-10,15-21H2,2,4-5H3/t24-,25+,26?,30+,31?/m1/s1. The van der Waals surface area contributed by atoms with Crippen molar-refractivity contribution in [2.45, 2.75) is 61.5 Å². The Morgan fingerprint density at radius 1 is 1.15 bits per heavy atom. The number of anilines is 1. The van der Waals surface area contributed by atoms with Crippen molar-refractivity contribution in [3.63, 3.8) is 0 Å². The molecule has 9 heteroatoms. The van der Waals surface area contributed by atoms with Crippen LogP contribution in [0.25, 0.3) is 0 Å². The third-order valence-corrected chi connectivity index (χ3v) is 10.7. The molecule has 3 aliphatic heterocycles. The van der Waals surface area contributed by atoms with Gasteiger partial charge in [0.1, 0.15) is 11.8 Å². The molecular formula is C31H43N3O5S. The van der Waals surface area contributed by atoms with E-state index in [9.17, 15) is 19.5 Å². The monoisotopic (exact) mass is 569 g/mol. The van der Waals surface area contributed by atoms with Gasteiger partial charge in [0.25, 0.3) is 5.91 Å². The molecule has 0 saturated carbocycles. The van der Waals surface area contributed by atoms with Crippen molar-refractivity contribution in [1.82, 2.24) is 9.80 Å². The zero-order valence-corrected chi connectivity index (χ0v) is 24.8. The van der Waals surface area contributed by atoms with Crippen molar-refractivity contribution in [3.05, 3.63) is 49.6 Å². The van der Waals surface area contributed by atoms with Crippen molar-refractivity contribution >= 4 is 35.2 Å². The number of thioether (sulfide) groups is 1. The maximum atomic E-state index is 14.6. The molecule has 0 aliphatic carbocycles. The molecule has 2 unspecified atom stereocenters. The zero-order chi connectivity index (χ0) is 29.1. The fourth-order valence-corrected chi connectivity index (χ4v) is 9.33. The summed E-state index contributed by atoms with van der Waals surface area (Å²) < 4.78 is 4.19. The first-order valence-electron chi connectivity index (χ1n) is 14.3. The summed E-state index contributed by atoms with van der Waals surface area (Å²) in [5.41, 5.74) is 0.699. The van der Waals surface area contributed by atoms with E-state index in [0.717, 1.165) is 12.8 Å². The van der Waals surface area contributed by atoms with Gasteiger partial charge in [-0.3, -0.25) is 14.4 Å². The average Bonchev–Trinajstić information content (AvgIpc) is 3.52. The number of aliphatic hydroxyl groups excluding tert-OH is 1. The van der Waals surface area contributed by atoms with E-state index < -0.39 is 27.4 Å². The highest BCUT2D eigenvalue weighted by Crippen LogP contribution is 2.71. The van der Waals surface area contributed by atoms with Gasteiger partial charge in [0.15, 0.2) is 0 Å². The second-order valence-electron chi connectivity index (χ2n) is 11.2. The summed E-state index contributed by atoms with van der Waals surface area (Å²) in [6, 6.07) is 6.59. The number of unbranched alkanes of at least 4 members (excludes halogenated alkanes) is 1. The van der Waals surface area contributed by atoms with E-state index in [-0.39, 0.29) is 30.9 Å². The van der Waals surface area contributed by atoms with Crippen LogP contribution in [0.15, 0.2) is 49.6 Å². The normalized spacial score (nSPS) is 28.4. The van der Waals surface area contributed by atoms with E-state index >= 15 is 0 Å².